The number of carbonyl (C=O) groups excluding carboxylic acids is 1. The lowest BCUT2D eigenvalue weighted by molar-refractivity contribution is -0.129. The van der Waals surface area contributed by atoms with E-state index in [4.69, 9.17) is 0 Å². The maximum absolute atomic E-state index is 13.1. The van der Waals surface area contributed by atoms with Crippen LogP contribution in [0.1, 0.15) is 57.1 Å². The SMILES string of the molecule is CC(C)c1nnc(CNC(=O)C2CCC(F)(F)CC2)n1C. The Morgan fingerprint density at radius 2 is 2.00 bits per heavy atom. The summed E-state index contributed by atoms with van der Waals surface area (Å²) in [7, 11) is 1.86. The van der Waals surface area contributed by atoms with E-state index in [1.54, 1.807) is 0 Å². The number of halogens is 2. The van der Waals surface area contributed by atoms with Crippen LogP contribution in [-0.2, 0) is 18.4 Å². The summed E-state index contributed by atoms with van der Waals surface area (Å²) in [5, 5.41) is 10.9. The van der Waals surface area contributed by atoms with Gasteiger partial charge in [-0.15, -0.1) is 10.2 Å². The van der Waals surface area contributed by atoms with Gasteiger partial charge >= 0.3 is 0 Å². The Morgan fingerprint density at radius 3 is 2.52 bits per heavy atom. The topological polar surface area (TPSA) is 59.8 Å². The minimum Gasteiger partial charge on any atom is -0.349 e. The number of rotatable bonds is 4. The second kappa shape index (κ2) is 6.07. The van der Waals surface area contributed by atoms with Gasteiger partial charge in [0.15, 0.2) is 5.82 Å². The van der Waals surface area contributed by atoms with Crippen LogP contribution in [-0.4, -0.2) is 26.6 Å². The summed E-state index contributed by atoms with van der Waals surface area (Å²) in [6.07, 6.45) is 0.0862. The molecule has 1 aliphatic carbocycles. The quantitative estimate of drug-likeness (QED) is 0.928. The highest BCUT2D eigenvalue weighted by molar-refractivity contribution is 5.78. The largest absolute Gasteiger partial charge is 0.349 e. The molecule has 1 fully saturated rings. The highest BCUT2D eigenvalue weighted by Crippen LogP contribution is 2.36. The van der Waals surface area contributed by atoms with E-state index in [1.165, 1.54) is 0 Å². The molecule has 21 heavy (non-hydrogen) atoms. The Morgan fingerprint density at radius 1 is 1.38 bits per heavy atom. The second-order valence-electron chi connectivity index (χ2n) is 6.04. The molecule has 0 spiro atoms. The average molecular weight is 300 g/mol. The summed E-state index contributed by atoms with van der Waals surface area (Å²) in [6.45, 7) is 4.32. The van der Waals surface area contributed by atoms with Crippen molar-refractivity contribution in [2.45, 2.75) is 57.9 Å². The molecule has 0 bridgehead atoms. The van der Waals surface area contributed by atoms with Crippen molar-refractivity contribution in [3.05, 3.63) is 11.6 Å². The third kappa shape index (κ3) is 3.77. The Hall–Kier alpha value is -1.53. The number of nitrogens with zero attached hydrogens (tertiary/aromatic N) is 3. The van der Waals surface area contributed by atoms with Crippen molar-refractivity contribution in [3.8, 4) is 0 Å². The van der Waals surface area contributed by atoms with E-state index in [0.717, 1.165) is 5.82 Å². The Kier molecular flexibility index (Phi) is 4.58. The summed E-state index contributed by atoms with van der Waals surface area (Å²) in [6, 6.07) is 0. The van der Waals surface area contributed by atoms with Crippen LogP contribution in [0.5, 0.6) is 0 Å². The third-order valence-electron chi connectivity index (χ3n) is 4.02. The first kappa shape index (κ1) is 15.9. The Labute approximate surface area is 123 Å². The van der Waals surface area contributed by atoms with Crippen molar-refractivity contribution >= 4 is 5.91 Å². The molecular weight excluding hydrogens is 278 g/mol. The van der Waals surface area contributed by atoms with Crippen molar-refractivity contribution in [2.24, 2.45) is 13.0 Å². The predicted molar refractivity (Wildman–Crippen MR) is 73.8 cm³/mol. The molecular formula is C14H22F2N4O. The van der Waals surface area contributed by atoms with Gasteiger partial charge in [-0.05, 0) is 12.8 Å². The van der Waals surface area contributed by atoms with Crippen molar-refractivity contribution in [1.29, 1.82) is 0 Å². The van der Waals surface area contributed by atoms with Gasteiger partial charge < -0.3 is 9.88 Å². The van der Waals surface area contributed by atoms with Gasteiger partial charge in [0.1, 0.15) is 5.82 Å². The van der Waals surface area contributed by atoms with Crippen LogP contribution in [0.25, 0.3) is 0 Å². The van der Waals surface area contributed by atoms with Crippen molar-refractivity contribution in [2.75, 3.05) is 0 Å². The molecule has 0 saturated heterocycles. The zero-order chi connectivity index (χ0) is 15.6. The molecule has 1 heterocycles. The molecule has 118 valence electrons. The van der Waals surface area contributed by atoms with E-state index >= 15 is 0 Å². The van der Waals surface area contributed by atoms with Crippen LogP contribution in [0.2, 0.25) is 0 Å². The molecule has 1 amide bonds. The number of hydrogen-bond donors (Lipinski definition) is 1. The van der Waals surface area contributed by atoms with Crippen LogP contribution in [0.15, 0.2) is 0 Å². The molecule has 7 heteroatoms. The first-order chi connectivity index (χ1) is 9.80. The lowest BCUT2D eigenvalue weighted by Gasteiger charge is -2.27. The van der Waals surface area contributed by atoms with Gasteiger partial charge in [0.05, 0.1) is 6.54 Å². The summed E-state index contributed by atoms with van der Waals surface area (Å²) >= 11 is 0. The van der Waals surface area contributed by atoms with Gasteiger partial charge in [-0.25, -0.2) is 8.78 Å². The molecule has 1 aromatic rings. The minimum absolute atomic E-state index is 0.167. The van der Waals surface area contributed by atoms with Gasteiger partial charge in [-0.1, -0.05) is 13.8 Å². The second-order valence-corrected chi connectivity index (χ2v) is 6.04. The molecule has 1 saturated carbocycles. The average Bonchev–Trinajstić information content (AvgIpc) is 2.77. The number of hydrogen-bond acceptors (Lipinski definition) is 3. The van der Waals surface area contributed by atoms with Crippen molar-refractivity contribution in [1.82, 2.24) is 20.1 Å². The van der Waals surface area contributed by atoms with Gasteiger partial charge in [-0.3, -0.25) is 4.79 Å². The van der Waals surface area contributed by atoms with Gasteiger partial charge in [0.2, 0.25) is 11.8 Å². The van der Waals surface area contributed by atoms with E-state index in [9.17, 15) is 13.6 Å². The molecule has 5 nitrogen and oxygen atoms in total. The van der Waals surface area contributed by atoms with Gasteiger partial charge in [-0.2, -0.15) is 0 Å². The monoisotopic (exact) mass is 300 g/mol. The maximum atomic E-state index is 13.1. The number of aromatic nitrogens is 3. The summed E-state index contributed by atoms with van der Waals surface area (Å²) in [4.78, 5) is 12.0. The molecule has 0 unspecified atom stereocenters. The van der Waals surface area contributed by atoms with Crippen LogP contribution in [0.4, 0.5) is 8.78 Å². The fraction of sp³-hybridized carbons (Fsp3) is 0.786. The van der Waals surface area contributed by atoms with Crippen molar-refractivity contribution < 1.29 is 13.6 Å². The molecule has 1 N–H and O–H groups in total. The molecule has 0 aliphatic heterocycles. The van der Waals surface area contributed by atoms with E-state index in [1.807, 2.05) is 25.5 Å². The fourth-order valence-electron chi connectivity index (χ4n) is 2.64. The lowest BCUT2D eigenvalue weighted by atomic mass is 9.86. The molecule has 0 aromatic carbocycles. The minimum atomic E-state index is -2.60. The predicted octanol–water partition coefficient (Wildman–Crippen LogP) is 2.38. The van der Waals surface area contributed by atoms with Crippen LogP contribution in [0, 0.1) is 5.92 Å². The van der Waals surface area contributed by atoms with Crippen LogP contribution in [0.3, 0.4) is 0 Å². The van der Waals surface area contributed by atoms with E-state index < -0.39 is 5.92 Å². The standard InChI is InChI=1S/C14H22F2N4O/c1-9(2)12-19-18-11(20(12)3)8-17-13(21)10-4-6-14(15,16)7-5-10/h9-10H,4-8H2,1-3H3,(H,17,21). The van der Waals surface area contributed by atoms with E-state index in [0.29, 0.717) is 5.82 Å². The van der Waals surface area contributed by atoms with E-state index in [2.05, 4.69) is 15.5 Å². The Balaban J connectivity index is 1.87. The highest BCUT2D eigenvalue weighted by atomic mass is 19.3. The third-order valence-corrected chi connectivity index (χ3v) is 4.02. The van der Waals surface area contributed by atoms with Crippen molar-refractivity contribution in [3.63, 3.8) is 0 Å². The summed E-state index contributed by atoms with van der Waals surface area (Å²) < 4.78 is 28.0. The zero-order valence-corrected chi connectivity index (χ0v) is 12.7. The van der Waals surface area contributed by atoms with Crippen LogP contribution >= 0.6 is 0 Å². The van der Waals surface area contributed by atoms with Crippen LogP contribution < -0.4 is 5.32 Å². The first-order valence-electron chi connectivity index (χ1n) is 7.34. The molecule has 2 rings (SSSR count). The van der Waals surface area contributed by atoms with Gasteiger partial charge in [0.25, 0.3) is 0 Å². The molecule has 0 radical (unpaired) electrons. The van der Waals surface area contributed by atoms with Gasteiger partial charge in [0, 0.05) is 31.7 Å². The highest BCUT2D eigenvalue weighted by Gasteiger charge is 2.37. The number of amides is 1. The summed E-state index contributed by atoms with van der Waals surface area (Å²) in [5.74, 6) is -1.30. The molecule has 1 aromatic heterocycles. The number of alkyl halides is 2. The zero-order valence-electron chi connectivity index (χ0n) is 12.7. The molecule has 0 atom stereocenters. The smallest absolute Gasteiger partial charge is 0.248 e. The number of carbonyl (C=O) groups is 1. The summed E-state index contributed by atoms with van der Waals surface area (Å²) in [5.41, 5.74) is 0. The Bertz CT molecular complexity index is 503. The maximum Gasteiger partial charge on any atom is 0.248 e. The lowest BCUT2D eigenvalue weighted by Crippen LogP contribution is -2.36. The first-order valence-corrected chi connectivity index (χ1v) is 7.34. The fourth-order valence-corrected chi connectivity index (χ4v) is 2.64. The molecule has 1 aliphatic rings. The normalized spacial score (nSPS) is 19.0. The number of nitrogens with one attached hydrogen (secondary N) is 1. The van der Waals surface area contributed by atoms with E-state index in [-0.39, 0.29) is 50.0 Å².